The average molecular weight is 562 g/mol. The zero-order chi connectivity index (χ0) is 30.2. The Labute approximate surface area is 245 Å². The molecule has 0 saturated carbocycles. The molecule has 212 valence electrons. The number of likely N-dealkylation sites (N-methyl/N-ethyl adjacent to an activating group) is 1. The lowest BCUT2D eigenvalue weighted by molar-refractivity contribution is -0.137. The molecule has 3 aromatic rings. The van der Waals surface area contributed by atoms with Gasteiger partial charge in [0.25, 0.3) is 0 Å². The third-order valence-corrected chi connectivity index (χ3v) is 5.66. The van der Waals surface area contributed by atoms with Gasteiger partial charge in [0, 0.05) is 25.2 Å². The molecule has 9 nitrogen and oxygen atoms in total. The molecule has 0 atom stereocenters. The van der Waals surface area contributed by atoms with Gasteiger partial charge in [0.15, 0.2) is 5.76 Å². The fourth-order valence-electron chi connectivity index (χ4n) is 3.31. The van der Waals surface area contributed by atoms with Crippen LogP contribution in [-0.2, 0) is 14.3 Å². The maximum atomic E-state index is 11.8. The van der Waals surface area contributed by atoms with Crippen LogP contribution in [0.25, 0.3) is 0 Å². The van der Waals surface area contributed by atoms with E-state index in [9.17, 15) is 9.59 Å². The molecular formula is C33H31N5O4. The molecule has 0 aliphatic carbocycles. The number of hydrogen-bond donors (Lipinski definition) is 0. The number of azo groups is 2. The van der Waals surface area contributed by atoms with E-state index in [0.717, 1.165) is 11.8 Å². The molecule has 0 aliphatic rings. The summed E-state index contributed by atoms with van der Waals surface area (Å²) >= 11 is 0. The van der Waals surface area contributed by atoms with Gasteiger partial charge in [-0.3, -0.25) is 4.79 Å². The maximum absolute atomic E-state index is 11.8. The molecule has 42 heavy (non-hydrogen) atoms. The summed E-state index contributed by atoms with van der Waals surface area (Å²) in [7, 11) is 1.91. The van der Waals surface area contributed by atoms with E-state index in [1.807, 2.05) is 36.2 Å². The minimum atomic E-state index is -0.437. The molecule has 9 heteroatoms. The highest BCUT2D eigenvalue weighted by Gasteiger charge is 2.07. The average Bonchev–Trinajstić information content (AvgIpc) is 3.02. The van der Waals surface area contributed by atoms with E-state index in [1.165, 1.54) is 0 Å². The van der Waals surface area contributed by atoms with E-state index in [0.29, 0.717) is 47.2 Å². The Bertz CT molecular complexity index is 1560. The van der Waals surface area contributed by atoms with Crippen molar-refractivity contribution in [2.45, 2.75) is 19.8 Å². The van der Waals surface area contributed by atoms with E-state index in [1.54, 1.807) is 55.5 Å². The number of carbonyl (C=O) groups excluding carboxylic acids is 2. The lowest BCUT2D eigenvalue weighted by Gasteiger charge is -2.18. The number of Topliss-reactive ketones (excluding diaryl/α,β-unsaturated/α-hetero) is 1. The van der Waals surface area contributed by atoms with Crippen LogP contribution in [0, 0.1) is 0 Å². The summed E-state index contributed by atoms with van der Waals surface area (Å²) in [6.45, 7) is 9.44. The summed E-state index contributed by atoms with van der Waals surface area (Å²) in [4.78, 5) is 24.9. The fraction of sp³-hybridized carbons (Fsp3) is 0.182. The van der Waals surface area contributed by atoms with Gasteiger partial charge in [-0.25, -0.2) is 4.79 Å². The number of hydrogen-bond acceptors (Lipinski definition) is 9. The minimum Gasteiger partial charge on any atom is -0.461 e. The Kier molecular flexibility index (Phi) is 12.2. The third kappa shape index (κ3) is 10.5. The standard InChI is InChI=1S/C33H31N5O4/c1-5-8-9-32(24-30(39)6-2)42-31-20-16-28(17-21-31)37-35-26-12-10-25(11-13-26)34-36-27-14-18-29(19-15-27)38(4)22-23-41-33(40)7-3/h7,10-21H,1,3,6,22-24H2,2,4H3. The second-order valence-corrected chi connectivity index (χ2v) is 8.74. The van der Waals surface area contributed by atoms with Crippen LogP contribution in [0.4, 0.5) is 28.4 Å². The number of nitrogens with zero attached hydrogens (tertiary/aromatic N) is 5. The number of anilines is 1. The first-order valence-electron chi connectivity index (χ1n) is 13.1. The van der Waals surface area contributed by atoms with E-state index in [-0.39, 0.29) is 18.8 Å². The van der Waals surface area contributed by atoms with Gasteiger partial charge in [-0.15, -0.1) is 0 Å². The van der Waals surface area contributed by atoms with Gasteiger partial charge in [-0.05, 0) is 90.8 Å². The zero-order valence-electron chi connectivity index (χ0n) is 23.6. The van der Waals surface area contributed by atoms with Crippen LogP contribution < -0.4 is 9.64 Å². The number of esters is 1. The molecule has 0 saturated heterocycles. The molecule has 0 bridgehead atoms. The molecule has 0 N–H and O–H groups in total. The highest BCUT2D eigenvalue weighted by molar-refractivity contribution is 5.81. The molecule has 0 fully saturated rings. The van der Waals surface area contributed by atoms with Crippen LogP contribution in [0.5, 0.6) is 5.75 Å². The summed E-state index contributed by atoms with van der Waals surface area (Å²) in [6, 6.07) is 21.8. The van der Waals surface area contributed by atoms with Crippen molar-refractivity contribution in [3.63, 3.8) is 0 Å². The molecular weight excluding hydrogens is 530 g/mol. The smallest absolute Gasteiger partial charge is 0.330 e. The highest BCUT2D eigenvalue weighted by atomic mass is 16.5. The summed E-state index contributed by atoms with van der Waals surface area (Å²) in [5.41, 5.74) is 11.5. The zero-order valence-corrected chi connectivity index (χ0v) is 23.6. The van der Waals surface area contributed by atoms with Crippen molar-refractivity contribution in [1.82, 2.24) is 0 Å². The molecule has 0 amide bonds. The van der Waals surface area contributed by atoms with E-state index in [4.69, 9.17) is 9.47 Å². The largest absolute Gasteiger partial charge is 0.461 e. The van der Waals surface area contributed by atoms with Crippen LogP contribution >= 0.6 is 0 Å². The van der Waals surface area contributed by atoms with E-state index in [2.05, 4.69) is 50.8 Å². The first kappa shape index (κ1) is 31.0. The Morgan fingerprint density at radius 3 is 1.83 bits per heavy atom. The fourth-order valence-corrected chi connectivity index (χ4v) is 3.31. The molecule has 0 heterocycles. The van der Waals surface area contributed by atoms with Crippen LogP contribution in [0.1, 0.15) is 19.8 Å². The molecule has 0 radical (unpaired) electrons. The normalized spacial score (nSPS) is 10.4. The van der Waals surface area contributed by atoms with E-state index >= 15 is 0 Å². The lowest BCUT2D eigenvalue weighted by atomic mass is 10.2. The summed E-state index contributed by atoms with van der Waals surface area (Å²) < 4.78 is 10.8. The topological polar surface area (TPSA) is 105 Å². The first-order chi connectivity index (χ1) is 20.4. The van der Waals surface area contributed by atoms with Crippen molar-refractivity contribution in [2.24, 2.45) is 20.5 Å². The number of rotatable bonds is 14. The predicted octanol–water partition coefficient (Wildman–Crippen LogP) is 8.41. The maximum Gasteiger partial charge on any atom is 0.330 e. The number of ether oxygens (including phenoxy) is 2. The summed E-state index contributed by atoms with van der Waals surface area (Å²) in [5, 5.41) is 17.1. The highest BCUT2D eigenvalue weighted by Crippen LogP contribution is 2.26. The van der Waals surface area contributed by atoms with Crippen molar-refractivity contribution >= 4 is 40.2 Å². The van der Waals surface area contributed by atoms with Gasteiger partial charge in [0.05, 0.1) is 35.7 Å². The van der Waals surface area contributed by atoms with Gasteiger partial charge < -0.3 is 14.4 Å². The predicted molar refractivity (Wildman–Crippen MR) is 162 cm³/mol. The Hall–Kier alpha value is -5.58. The third-order valence-electron chi connectivity index (χ3n) is 5.66. The first-order valence-corrected chi connectivity index (χ1v) is 13.1. The van der Waals surface area contributed by atoms with Crippen molar-refractivity contribution in [1.29, 1.82) is 0 Å². The number of carbonyl (C=O) groups is 2. The lowest BCUT2D eigenvalue weighted by Crippen LogP contribution is -2.23. The summed E-state index contributed by atoms with van der Waals surface area (Å²) in [6.07, 6.45) is 1.66. The monoisotopic (exact) mass is 561 g/mol. The van der Waals surface area contributed by atoms with Gasteiger partial charge in [0.2, 0.25) is 0 Å². The number of benzene rings is 3. The van der Waals surface area contributed by atoms with Gasteiger partial charge in [-0.1, -0.05) is 19.2 Å². The SMILES string of the molecule is C=C=C=C=C(CC(=O)CC)Oc1ccc(N=Nc2ccc(N=Nc3ccc(N(C)CCOC(=O)C=C)cc3)cc2)cc1. The van der Waals surface area contributed by atoms with Crippen molar-refractivity contribution < 1.29 is 19.1 Å². The molecule has 0 unspecified atom stereocenters. The number of allylic oxidation sites excluding steroid dienone is 1. The van der Waals surface area contributed by atoms with Gasteiger partial charge in [0.1, 0.15) is 18.1 Å². The van der Waals surface area contributed by atoms with Crippen LogP contribution in [0.3, 0.4) is 0 Å². The van der Waals surface area contributed by atoms with Gasteiger partial charge >= 0.3 is 5.97 Å². The Balaban J connectivity index is 1.54. The van der Waals surface area contributed by atoms with Crippen molar-refractivity contribution in [2.75, 3.05) is 25.1 Å². The van der Waals surface area contributed by atoms with Gasteiger partial charge in [-0.2, -0.15) is 20.5 Å². The van der Waals surface area contributed by atoms with Crippen LogP contribution in [-0.4, -0.2) is 32.0 Å². The second kappa shape index (κ2) is 16.5. The molecule has 0 aliphatic heterocycles. The van der Waals surface area contributed by atoms with E-state index < -0.39 is 5.97 Å². The van der Waals surface area contributed by atoms with Crippen molar-refractivity contribution in [3.05, 3.63) is 115 Å². The Morgan fingerprint density at radius 1 is 0.857 bits per heavy atom. The van der Waals surface area contributed by atoms with Crippen LogP contribution in [0.2, 0.25) is 0 Å². The molecule has 0 aromatic heterocycles. The van der Waals surface area contributed by atoms with Crippen molar-refractivity contribution in [3.8, 4) is 5.75 Å². The molecule has 3 aromatic carbocycles. The number of ketones is 1. The molecule has 0 spiro atoms. The summed E-state index contributed by atoms with van der Waals surface area (Å²) in [5.74, 6) is 0.472. The minimum absolute atomic E-state index is 0.0296. The Morgan fingerprint density at radius 2 is 1.36 bits per heavy atom. The second-order valence-electron chi connectivity index (χ2n) is 8.74. The molecule has 3 rings (SSSR count). The van der Waals surface area contributed by atoms with Crippen LogP contribution in [0.15, 0.2) is 135 Å². The quantitative estimate of drug-likeness (QED) is 0.0646.